The van der Waals surface area contributed by atoms with E-state index in [9.17, 15) is 4.79 Å². The Labute approximate surface area is 132 Å². The first-order valence-corrected chi connectivity index (χ1v) is 8.02. The van der Waals surface area contributed by atoms with Crippen LogP contribution in [0.5, 0.6) is 5.75 Å². The van der Waals surface area contributed by atoms with Crippen LogP contribution in [-0.4, -0.2) is 48.9 Å². The van der Waals surface area contributed by atoms with Gasteiger partial charge in [-0.3, -0.25) is 0 Å². The van der Waals surface area contributed by atoms with Crippen molar-refractivity contribution >= 4 is 6.03 Å². The van der Waals surface area contributed by atoms with Crippen molar-refractivity contribution in [2.45, 2.75) is 26.2 Å². The van der Waals surface area contributed by atoms with Gasteiger partial charge < -0.3 is 20.1 Å². The minimum Gasteiger partial charge on any atom is -0.494 e. The highest BCUT2D eigenvalue weighted by molar-refractivity contribution is 5.74. The first kappa shape index (κ1) is 16.6. The summed E-state index contributed by atoms with van der Waals surface area (Å²) in [5.41, 5.74) is 1.22. The van der Waals surface area contributed by atoms with Crippen LogP contribution in [0.15, 0.2) is 24.3 Å². The zero-order chi connectivity index (χ0) is 15.8. The molecule has 1 aromatic rings. The summed E-state index contributed by atoms with van der Waals surface area (Å²) in [7, 11) is 0. The van der Waals surface area contributed by atoms with Gasteiger partial charge in [-0.2, -0.15) is 0 Å². The molecule has 0 spiro atoms. The lowest BCUT2D eigenvalue weighted by atomic mass is 10.1. The molecule has 2 rings (SSSR count). The lowest BCUT2D eigenvalue weighted by Crippen LogP contribution is -2.39. The number of unbranched alkanes of at least 4 members (excludes halogenated alkanes) is 1. The van der Waals surface area contributed by atoms with Crippen LogP contribution in [0.2, 0.25) is 0 Å². The molecule has 5 heteroatoms. The Hall–Kier alpha value is -1.75. The number of likely N-dealkylation sites (tertiary alicyclic amines) is 1. The van der Waals surface area contributed by atoms with E-state index in [2.05, 4.69) is 12.2 Å². The van der Waals surface area contributed by atoms with Gasteiger partial charge >= 0.3 is 6.03 Å². The predicted octanol–water partition coefficient (Wildman–Crippen LogP) is 2.18. The van der Waals surface area contributed by atoms with Crippen LogP contribution in [0.4, 0.5) is 4.79 Å². The van der Waals surface area contributed by atoms with E-state index in [1.54, 1.807) is 4.90 Å². The van der Waals surface area contributed by atoms with Gasteiger partial charge in [-0.25, -0.2) is 4.79 Å². The number of carbonyl (C=O) groups excluding carboxylic acids is 1. The average Bonchev–Trinajstić information content (AvgIpc) is 3.01. The number of urea groups is 1. The summed E-state index contributed by atoms with van der Waals surface area (Å²) in [6.45, 7) is 4.95. The van der Waals surface area contributed by atoms with Crippen molar-refractivity contribution in [2.75, 3.05) is 32.8 Å². The number of rotatable bonds is 7. The molecule has 1 aromatic carbocycles. The standard InChI is InChI=1S/C17H26N2O3/c1-14-4-6-16(7-5-14)22-11-3-2-9-18-17(21)19-10-8-15(12-19)13-20/h4-7,15,20H,2-3,8-13H2,1H3,(H,18,21). The molecule has 0 aromatic heterocycles. The van der Waals surface area contributed by atoms with Crippen LogP contribution in [0.1, 0.15) is 24.8 Å². The van der Waals surface area contributed by atoms with E-state index in [1.165, 1.54) is 5.56 Å². The van der Waals surface area contributed by atoms with E-state index in [0.717, 1.165) is 31.6 Å². The van der Waals surface area contributed by atoms with Gasteiger partial charge in [0, 0.05) is 32.2 Å². The molecule has 0 saturated carbocycles. The molecule has 1 heterocycles. The molecular formula is C17H26N2O3. The number of ether oxygens (including phenoxy) is 1. The molecule has 1 saturated heterocycles. The van der Waals surface area contributed by atoms with Crippen LogP contribution in [0.25, 0.3) is 0 Å². The first-order chi connectivity index (χ1) is 10.7. The van der Waals surface area contributed by atoms with Crippen molar-refractivity contribution in [3.8, 4) is 5.75 Å². The van der Waals surface area contributed by atoms with Gasteiger partial charge in [0.25, 0.3) is 0 Å². The normalized spacial score (nSPS) is 17.5. The quantitative estimate of drug-likeness (QED) is 0.759. The fraction of sp³-hybridized carbons (Fsp3) is 0.588. The molecule has 1 aliphatic rings. The van der Waals surface area contributed by atoms with Gasteiger partial charge in [0.2, 0.25) is 0 Å². The zero-order valence-electron chi connectivity index (χ0n) is 13.3. The largest absolute Gasteiger partial charge is 0.494 e. The summed E-state index contributed by atoms with van der Waals surface area (Å²) in [5, 5.41) is 12.0. The first-order valence-electron chi connectivity index (χ1n) is 8.02. The van der Waals surface area contributed by atoms with E-state index >= 15 is 0 Å². The summed E-state index contributed by atoms with van der Waals surface area (Å²) >= 11 is 0. The van der Waals surface area contributed by atoms with E-state index in [-0.39, 0.29) is 18.6 Å². The van der Waals surface area contributed by atoms with E-state index in [4.69, 9.17) is 9.84 Å². The third kappa shape index (κ3) is 5.22. The van der Waals surface area contributed by atoms with Crippen LogP contribution in [0.3, 0.4) is 0 Å². The second-order valence-electron chi connectivity index (χ2n) is 5.88. The van der Waals surface area contributed by atoms with Crippen molar-refractivity contribution in [1.82, 2.24) is 10.2 Å². The second-order valence-corrected chi connectivity index (χ2v) is 5.88. The SMILES string of the molecule is Cc1ccc(OCCCCNC(=O)N2CCC(CO)C2)cc1. The average molecular weight is 306 g/mol. The van der Waals surface area contributed by atoms with Gasteiger partial charge in [0.15, 0.2) is 0 Å². The maximum atomic E-state index is 11.9. The summed E-state index contributed by atoms with van der Waals surface area (Å²) in [6.07, 6.45) is 2.70. The molecule has 122 valence electrons. The predicted molar refractivity (Wildman–Crippen MR) is 86.1 cm³/mol. The lowest BCUT2D eigenvalue weighted by molar-refractivity contribution is 0.198. The second kappa shape index (κ2) is 8.63. The molecule has 2 amide bonds. The van der Waals surface area contributed by atoms with Gasteiger partial charge in [-0.1, -0.05) is 17.7 Å². The molecule has 5 nitrogen and oxygen atoms in total. The van der Waals surface area contributed by atoms with Crippen molar-refractivity contribution in [1.29, 1.82) is 0 Å². The number of nitrogens with one attached hydrogen (secondary N) is 1. The Morgan fingerprint density at radius 1 is 1.36 bits per heavy atom. The summed E-state index contributed by atoms with van der Waals surface area (Å²) in [6, 6.07) is 8.00. The molecule has 0 aliphatic carbocycles. The highest BCUT2D eigenvalue weighted by Gasteiger charge is 2.25. The molecule has 1 atom stereocenters. The Kier molecular flexibility index (Phi) is 6.52. The minimum absolute atomic E-state index is 0.0181. The van der Waals surface area contributed by atoms with Crippen molar-refractivity contribution in [2.24, 2.45) is 5.92 Å². The Balaban J connectivity index is 1.52. The highest BCUT2D eigenvalue weighted by Crippen LogP contribution is 2.15. The van der Waals surface area contributed by atoms with Gasteiger partial charge in [0.1, 0.15) is 5.75 Å². The number of hydrogen-bond acceptors (Lipinski definition) is 3. The number of amides is 2. The van der Waals surface area contributed by atoms with E-state index in [0.29, 0.717) is 19.7 Å². The van der Waals surface area contributed by atoms with Crippen LogP contribution in [0, 0.1) is 12.8 Å². The van der Waals surface area contributed by atoms with Gasteiger partial charge in [-0.15, -0.1) is 0 Å². The Morgan fingerprint density at radius 2 is 2.14 bits per heavy atom. The molecule has 0 bridgehead atoms. The Morgan fingerprint density at radius 3 is 2.82 bits per heavy atom. The van der Waals surface area contributed by atoms with Gasteiger partial charge in [0.05, 0.1) is 6.61 Å². The van der Waals surface area contributed by atoms with Crippen LogP contribution < -0.4 is 10.1 Å². The number of aliphatic hydroxyl groups is 1. The number of carbonyl (C=O) groups is 1. The number of benzene rings is 1. The maximum Gasteiger partial charge on any atom is 0.317 e. The topological polar surface area (TPSA) is 61.8 Å². The number of aryl methyl sites for hydroxylation is 1. The van der Waals surface area contributed by atoms with E-state index in [1.807, 2.05) is 24.3 Å². The number of nitrogens with zero attached hydrogens (tertiary/aromatic N) is 1. The van der Waals surface area contributed by atoms with Crippen LogP contribution >= 0.6 is 0 Å². The third-order valence-corrected chi connectivity index (χ3v) is 3.97. The summed E-state index contributed by atoms with van der Waals surface area (Å²) < 4.78 is 5.65. The smallest absolute Gasteiger partial charge is 0.317 e. The molecule has 1 unspecified atom stereocenters. The summed E-state index contributed by atoms with van der Waals surface area (Å²) in [5.74, 6) is 1.13. The van der Waals surface area contributed by atoms with Crippen molar-refractivity contribution < 1.29 is 14.6 Å². The molecule has 1 fully saturated rings. The molecular weight excluding hydrogens is 280 g/mol. The monoisotopic (exact) mass is 306 g/mol. The van der Waals surface area contributed by atoms with E-state index < -0.39 is 0 Å². The highest BCUT2D eigenvalue weighted by atomic mass is 16.5. The fourth-order valence-electron chi connectivity index (χ4n) is 2.52. The Bertz CT molecular complexity index is 461. The van der Waals surface area contributed by atoms with Crippen molar-refractivity contribution in [3.63, 3.8) is 0 Å². The third-order valence-electron chi connectivity index (χ3n) is 3.97. The maximum absolute atomic E-state index is 11.9. The fourth-order valence-corrected chi connectivity index (χ4v) is 2.52. The molecule has 2 N–H and O–H groups in total. The van der Waals surface area contributed by atoms with Crippen molar-refractivity contribution in [3.05, 3.63) is 29.8 Å². The molecule has 0 radical (unpaired) electrons. The number of aliphatic hydroxyl groups excluding tert-OH is 1. The van der Waals surface area contributed by atoms with Gasteiger partial charge in [-0.05, 0) is 38.3 Å². The minimum atomic E-state index is -0.0181. The summed E-state index contributed by atoms with van der Waals surface area (Å²) in [4.78, 5) is 13.7. The molecule has 1 aliphatic heterocycles. The lowest BCUT2D eigenvalue weighted by Gasteiger charge is -2.17. The van der Waals surface area contributed by atoms with Crippen LogP contribution in [-0.2, 0) is 0 Å². The number of hydrogen-bond donors (Lipinski definition) is 2. The molecule has 22 heavy (non-hydrogen) atoms. The zero-order valence-corrected chi connectivity index (χ0v) is 13.3.